The summed E-state index contributed by atoms with van der Waals surface area (Å²) in [5.41, 5.74) is 0.731. The third-order valence-corrected chi connectivity index (χ3v) is 3.43. The lowest BCUT2D eigenvalue weighted by atomic mass is 10.1. The fourth-order valence-electron chi connectivity index (χ4n) is 2.08. The molecule has 1 heterocycles. The molecule has 2 rings (SSSR count). The van der Waals surface area contributed by atoms with Crippen LogP contribution in [0.2, 0.25) is 0 Å². The lowest BCUT2D eigenvalue weighted by Gasteiger charge is -2.17. The maximum absolute atomic E-state index is 10.9. The van der Waals surface area contributed by atoms with Crippen molar-refractivity contribution >= 4 is 11.5 Å². The zero-order valence-electron chi connectivity index (χ0n) is 10.8. The first kappa shape index (κ1) is 12.8. The number of pyridine rings is 1. The van der Waals surface area contributed by atoms with Crippen LogP contribution in [0.25, 0.3) is 0 Å². The Morgan fingerprint density at radius 3 is 2.89 bits per heavy atom. The summed E-state index contributed by atoms with van der Waals surface area (Å²) in [6.45, 7) is 3.83. The molecule has 5 nitrogen and oxygen atoms in total. The van der Waals surface area contributed by atoms with Gasteiger partial charge < -0.3 is 5.32 Å². The molecule has 5 heteroatoms. The van der Waals surface area contributed by atoms with Gasteiger partial charge in [-0.25, -0.2) is 4.98 Å². The molecule has 1 fully saturated rings. The topological polar surface area (TPSA) is 68.1 Å². The Bertz CT molecular complexity index is 444. The SMILES string of the molecule is CCC(CC1CC1)Nc1cc([N+](=O)[O-])c(C)cn1. The van der Waals surface area contributed by atoms with E-state index in [-0.39, 0.29) is 10.6 Å². The Morgan fingerprint density at radius 2 is 2.33 bits per heavy atom. The van der Waals surface area contributed by atoms with Crippen molar-refractivity contribution in [3.05, 3.63) is 27.9 Å². The standard InChI is InChI=1S/C13H19N3O2/c1-3-11(6-10-4-5-10)15-13-7-12(16(17)18)9(2)8-14-13/h7-8,10-11H,3-6H2,1-2H3,(H,14,15). The number of anilines is 1. The molecule has 0 saturated heterocycles. The highest BCUT2D eigenvalue weighted by atomic mass is 16.6. The van der Waals surface area contributed by atoms with E-state index in [1.54, 1.807) is 13.1 Å². The molecule has 0 aromatic carbocycles. The molecule has 98 valence electrons. The van der Waals surface area contributed by atoms with Gasteiger partial charge in [-0.05, 0) is 25.7 Å². The molecule has 0 radical (unpaired) electrons. The summed E-state index contributed by atoms with van der Waals surface area (Å²) in [5.74, 6) is 1.45. The molecule has 1 unspecified atom stereocenters. The minimum absolute atomic E-state index is 0.133. The van der Waals surface area contributed by atoms with Crippen LogP contribution in [-0.4, -0.2) is 15.9 Å². The fourth-order valence-corrected chi connectivity index (χ4v) is 2.08. The number of nitro groups is 1. The second-order valence-corrected chi connectivity index (χ2v) is 5.04. The fraction of sp³-hybridized carbons (Fsp3) is 0.615. The van der Waals surface area contributed by atoms with Gasteiger partial charge in [-0.3, -0.25) is 10.1 Å². The predicted octanol–water partition coefficient (Wildman–Crippen LogP) is 3.29. The van der Waals surface area contributed by atoms with Crippen molar-refractivity contribution in [1.82, 2.24) is 4.98 Å². The van der Waals surface area contributed by atoms with Crippen molar-refractivity contribution in [3.8, 4) is 0 Å². The third kappa shape index (κ3) is 3.18. The van der Waals surface area contributed by atoms with Crippen LogP contribution in [-0.2, 0) is 0 Å². The highest BCUT2D eigenvalue weighted by molar-refractivity contribution is 5.49. The first-order chi connectivity index (χ1) is 8.60. The molecular formula is C13H19N3O2. The van der Waals surface area contributed by atoms with Crippen LogP contribution >= 0.6 is 0 Å². The van der Waals surface area contributed by atoms with Crippen molar-refractivity contribution in [2.24, 2.45) is 5.92 Å². The predicted molar refractivity (Wildman–Crippen MR) is 70.7 cm³/mol. The maximum atomic E-state index is 10.9. The smallest absolute Gasteiger partial charge is 0.277 e. The van der Waals surface area contributed by atoms with Crippen LogP contribution in [0.5, 0.6) is 0 Å². The summed E-state index contributed by atoms with van der Waals surface area (Å²) < 4.78 is 0. The van der Waals surface area contributed by atoms with Gasteiger partial charge in [0.15, 0.2) is 0 Å². The van der Waals surface area contributed by atoms with Gasteiger partial charge in [0.25, 0.3) is 5.69 Å². The van der Waals surface area contributed by atoms with Crippen molar-refractivity contribution in [3.63, 3.8) is 0 Å². The van der Waals surface area contributed by atoms with Crippen LogP contribution in [0.3, 0.4) is 0 Å². The summed E-state index contributed by atoms with van der Waals surface area (Å²) in [5, 5.41) is 14.2. The summed E-state index contributed by atoms with van der Waals surface area (Å²) in [4.78, 5) is 14.7. The lowest BCUT2D eigenvalue weighted by Crippen LogP contribution is -2.20. The quantitative estimate of drug-likeness (QED) is 0.620. The molecule has 1 aromatic heterocycles. The average molecular weight is 249 g/mol. The van der Waals surface area contributed by atoms with E-state index in [0.29, 0.717) is 17.4 Å². The van der Waals surface area contributed by atoms with E-state index in [0.717, 1.165) is 18.8 Å². The van der Waals surface area contributed by atoms with Gasteiger partial charge in [-0.15, -0.1) is 0 Å². The molecule has 0 aliphatic heterocycles. The molecule has 1 atom stereocenters. The van der Waals surface area contributed by atoms with E-state index in [1.807, 2.05) is 0 Å². The molecule has 1 aliphatic rings. The normalized spacial score (nSPS) is 16.3. The summed E-state index contributed by atoms with van der Waals surface area (Å²) in [6.07, 6.45) is 6.35. The summed E-state index contributed by atoms with van der Waals surface area (Å²) >= 11 is 0. The molecular weight excluding hydrogens is 230 g/mol. The zero-order valence-corrected chi connectivity index (χ0v) is 10.8. The first-order valence-corrected chi connectivity index (χ1v) is 6.47. The Balaban J connectivity index is 2.07. The van der Waals surface area contributed by atoms with Crippen molar-refractivity contribution in [2.75, 3.05) is 5.32 Å². The zero-order chi connectivity index (χ0) is 13.1. The number of nitrogens with one attached hydrogen (secondary N) is 1. The van der Waals surface area contributed by atoms with Gasteiger partial charge in [-0.1, -0.05) is 19.8 Å². The van der Waals surface area contributed by atoms with E-state index < -0.39 is 0 Å². The molecule has 1 aromatic rings. The Labute approximate surface area is 107 Å². The highest BCUT2D eigenvalue weighted by Crippen LogP contribution is 2.34. The van der Waals surface area contributed by atoms with Crippen molar-refractivity contribution < 1.29 is 4.92 Å². The highest BCUT2D eigenvalue weighted by Gasteiger charge is 2.25. The molecule has 1 aliphatic carbocycles. The third-order valence-electron chi connectivity index (χ3n) is 3.43. The molecule has 1 saturated carbocycles. The van der Waals surface area contributed by atoms with Crippen LogP contribution in [0.15, 0.2) is 12.3 Å². The average Bonchev–Trinajstić information content (AvgIpc) is 3.14. The molecule has 1 N–H and O–H groups in total. The lowest BCUT2D eigenvalue weighted by molar-refractivity contribution is -0.385. The number of nitrogens with zero attached hydrogens (tertiary/aromatic N) is 2. The molecule has 0 bridgehead atoms. The number of aromatic nitrogens is 1. The van der Waals surface area contributed by atoms with E-state index >= 15 is 0 Å². The van der Waals surface area contributed by atoms with Gasteiger partial charge in [0.05, 0.1) is 11.0 Å². The van der Waals surface area contributed by atoms with Gasteiger partial charge in [0, 0.05) is 17.8 Å². The number of aryl methyl sites for hydroxylation is 1. The van der Waals surface area contributed by atoms with E-state index in [9.17, 15) is 10.1 Å². The second kappa shape index (κ2) is 5.33. The summed E-state index contributed by atoms with van der Waals surface area (Å²) in [6, 6.07) is 1.90. The molecule has 18 heavy (non-hydrogen) atoms. The summed E-state index contributed by atoms with van der Waals surface area (Å²) in [7, 11) is 0. The first-order valence-electron chi connectivity index (χ1n) is 6.47. The minimum Gasteiger partial charge on any atom is -0.367 e. The Hall–Kier alpha value is -1.65. The number of hydrogen-bond donors (Lipinski definition) is 1. The van der Waals surface area contributed by atoms with Crippen LogP contribution in [0.4, 0.5) is 11.5 Å². The van der Waals surface area contributed by atoms with Gasteiger partial charge >= 0.3 is 0 Å². The van der Waals surface area contributed by atoms with Crippen LogP contribution < -0.4 is 5.32 Å². The second-order valence-electron chi connectivity index (χ2n) is 5.04. The Kier molecular flexibility index (Phi) is 3.79. The van der Waals surface area contributed by atoms with Gasteiger partial charge in [0.2, 0.25) is 0 Å². The largest absolute Gasteiger partial charge is 0.367 e. The monoisotopic (exact) mass is 249 g/mol. The maximum Gasteiger partial charge on any atom is 0.277 e. The van der Waals surface area contributed by atoms with Crippen LogP contribution in [0.1, 0.15) is 38.2 Å². The van der Waals surface area contributed by atoms with Crippen LogP contribution in [0, 0.1) is 23.0 Å². The van der Waals surface area contributed by atoms with E-state index in [4.69, 9.17) is 0 Å². The minimum atomic E-state index is -0.357. The number of rotatable bonds is 6. The molecule has 0 amide bonds. The van der Waals surface area contributed by atoms with E-state index in [1.165, 1.54) is 18.9 Å². The van der Waals surface area contributed by atoms with Gasteiger partial charge in [-0.2, -0.15) is 0 Å². The van der Waals surface area contributed by atoms with Crippen molar-refractivity contribution in [2.45, 2.75) is 45.6 Å². The molecule has 0 spiro atoms. The number of hydrogen-bond acceptors (Lipinski definition) is 4. The van der Waals surface area contributed by atoms with Crippen molar-refractivity contribution in [1.29, 1.82) is 0 Å². The van der Waals surface area contributed by atoms with Gasteiger partial charge in [0.1, 0.15) is 5.82 Å². The Morgan fingerprint density at radius 1 is 1.61 bits per heavy atom. The van der Waals surface area contributed by atoms with E-state index in [2.05, 4.69) is 17.2 Å².